The number of fused-ring (bicyclic) bond motifs is 4. The van der Waals surface area contributed by atoms with Crippen LogP contribution in [0, 0.1) is 17.2 Å². The molecule has 6 aromatic rings. The van der Waals surface area contributed by atoms with Gasteiger partial charge in [-0.25, -0.2) is 4.98 Å². The number of aliphatic hydroxyl groups excluding tert-OH is 1. The number of carbonyl (C=O) groups is 17. The number of benzene rings is 3. The first-order valence-corrected chi connectivity index (χ1v) is 47.3. The molecule has 9 rings (SSSR count). The minimum atomic E-state index is -1.81. The number of unbranched alkanes of at least 4 members (excludes halogenated alkanes) is 2. The summed E-state index contributed by atoms with van der Waals surface area (Å²) in [5.74, 6) is -18.1. The molecule has 3 aromatic carbocycles. The predicted octanol–water partition coefficient (Wildman–Crippen LogP) is -0.799. The van der Waals surface area contributed by atoms with E-state index in [1.807, 2.05) is 62.6 Å². The minimum absolute atomic E-state index is 0.00609. The van der Waals surface area contributed by atoms with Gasteiger partial charge in [0, 0.05) is 131 Å². The van der Waals surface area contributed by atoms with Gasteiger partial charge in [-0.05, 0) is 118 Å². The molecule has 0 aliphatic carbocycles. The molecule has 3 fully saturated rings. The third-order valence-corrected chi connectivity index (χ3v) is 25.9. The first-order chi connectivity index (χ1) is 64.8. The number of Topliss-reactive ketones (excluding diaryl/α,β-unsaturated/α-hetero) is 1. The zero-order valence-electron chi connectivity index (χ0n) is 78.4. The Morgan fingerprint density at radius 3 is 1.81 bits per heavy atom. The average Bonchev–Trinajstić information content (AvgIpc) is 1.54. The van der Waals surface area contributed by atoms with E-state index in [0.717, 1.165) is 27.1 Å². The molecule has 3 saturated heterocycles. The Labute approximate surface area is 792 Å². The van der Waals surface area contributed by atoms with Gasteiger partial charge in [0.25, 0.3) is 0 Å². The number of phenols is 1. The van der Waals surface area contributed by atoms with Crippen LogP contribution >= 0.6 is 11.8 Å². The number of H-pyrrole nitrogens is 2. The topological polar surface area (TPSA) is 618 Å². The highest BCUT2D eigenvalue weighted by atomic mass is 32.2. The second-order valence-corrected chi connectivity index (χ2v) is 36.5. The number of rotatable bonds is 26. The number of nitrogens with two attached hydrogens (primary N) is 3. The maximum absolute atomic E-state index is 15.9. The third kappa shape index (κ3) is 29.3. The van der Waals surface area contributed by atoms with E-state index in [4.69, 9.17) is 22.6 Å². The highest BCUT2D eigenvalue weighted by Gasteiger charge is 2.46. The number of guanidine groups is 1. The summed E-state index contributed by atoms with van der Waals surface area (Å²) in [4.78, 5) is 267. The standard InChI is InChI=1S/C93H131N23O19S/c1-10-12-25-73-86(129)104-63(24-18-34-99-93(96)97)83(126)110-70(82(125)101-46-78(95)121)49-136-50-79(122)103-66(38-54-30-32-59(118)33-31-54)88(131)112(7)53(5)80(123)106-68(43-77(94)120)91(134)116-36-20-29-74(116)87(130)105-64(42-58-45-98-51-102-58)84(127)107-65(37-52(3)4)90(133)115-35-19-28-72(115)76(119)41-55(39-56-44-100-62-23-16-14-21-60(56)62)81(124)109-69(48-117)85(128)108-67(40-57-47-111(6)71-27-17-15-22-61(57)71)89(132)114(9)75(26-13-11-2)92(135)113(73)8/h14-17,21-23,27,30-33,44-45,47,51-53,55,63-70,72-75,100,117-118H,10-13,18-20,24-26,28-29,34-43,46,48-50H2,1-9H3,(H2,94,120)(H2,95,121)(H,98,102)(H,101,125)(H,103,122)(H,104,129)(H,105,130)(H,106,123)(H,107,127)(H,108,128)(H,109,124)(H,110,126)(H4,96,97,99)/t53-,55+,63-,64-,65-,66-,67-,68-,69-,70-,72-,73-,74-,75-/m0/s1. The Balaban J connectivity index is 1.10. The number of imidazole rings is 1. The number of amides is 16. The van der Waals surface area contributed by atoms with Crippen molar-refractivity contribution in [3.8, 4) is 5.75 Å². The monoisotopic (exact) mass is 1910 g/mol. The number of para-hydroxylation sites is 2. The van der Waals surface area contributed by atoms with Crippen LogP contribution in [0.15, 0.2) is 97.7 Å². The molecule has 3 aliphatic rings. The second kappa shape index (κ2) is 50.7. The summed E-state index contributed by atoms with van der Waals surface area (Å²) < 4.78 is 1.82. The molecule has 14 atom stereocenters. The molecule has 6 heterocycles. The third-order valence-electron chi connectivity index (χ3n) is 24.9. The van der Waals surface area contributed by atoms with Gasteiger partial charge in [0.05, 0.1) is 37.7 Å². The van der Waals surface area contributed by atoms with Gasteiger partial charge in [-0.2, -0.15) is 0 Å². The molecule has 3 aromatic heterocycles. The maximum Gasteiger partial charge on any atom is 0.246 e. The molecular weight excluding hydrogens is 1780 g/mol. The molecule has 0 unspecified atom stereocenters. The number of likely N-dealkylation sites (N-methyl/N-ethyl adjacent to an activating group) is 3. The van der Waals surface area contributed by atoms with Gasteiger partial charge >= 0.3 is 0 Å². The quantitative estimate of drug-likeness (QED) is 0.0180. The van der Waals surface area contributed by atoms with Gasteiger partial charge in [0.2, 0.25) is 94.5 Å². The zero-order chi connectivity index (χ0) is 99.3. The average molecular weight is 1910 g/mol. The van der Waals surface area contributed by atoms with Crippen LogP contribution in [0.5, 0.6) is 5.75 Å². The number of aromatic hydroxyl groups is 1. The molecule has 136 heavy (non-hydrogen) atoms. The van der Waals surface area contributed by atoms with Crippen LogP contribution in [0.3, 0.4) is 0 Å². The lowest BCUT2D eigenvalue weighted by Crippen LogP contribution is -2.61. The van der Waals surface area contributed by atoms with Crippen LogP contribution in [-0.4, -0.2) is 304 Å². The van der Waals surface area contributed by atoms with Crippen molar-refractivity contribution in [1.29, 1.82) is 5.41 Å². The van der Waals surface area contributed by atoms with Gasteiger partial charge in [0.15, 0.2) is 11.7 Å². The van der Waals surface area contributed by atoms with Crippen LogP contribution in [0.1, 0.15) is 153 Å². The van der Waals surface area contributed by atoms with Gasteiger partial charge in [0.1, 0.15) is 78.3 Å². The number of carbonyl (C=O) groups excluding carboxylic acids is 17. The lowest BCUT2D eigenvalue weighted by Gasteiger charge is -2.36. The van der Waals surface area contributed by atoms with Crippen LogP contribution in [0.4, 0.5) is 0 Å². The summed E-state index contributed by atoms with van der Waals surface area (Å²) in [7, 11) is 5.75. The molecule has 0 radical (unpaired) electrons. The van der Waals surface area contributed by atoms with E-state index in [9.17, 15) is 53.4 Å². The van der Waals surface area contributed by atoms with Crippen LogP contribution in [0.25, 0.3) is 21.8 Å². The van der Waals surface area contributed by atoms with Gasteiger partial charge in [-0.15, -0.1) is 11.8 Å². The predicted molar refractivity (Wildman–Crippen MR) is 504 cm³/mol. The Morgan fingerprint density at radius 2 is 1.15 bits per heavy atom. The van der Waals surface area contributed by atoms with Crippen molar-refractivity contribution in [3.63, 3.8) is 0 Å². The van der Waals surface area contributed by atoms with Crippen molar-refractivity contribution in [1.82, 2.24) is 97.2 Å². The second-order valence-electron chi connectivity index (χ2n) is 35.5. The van der Waals surface area contributed by atoms with Crippen molar-refractivity contribution in [3.05, 3.63) is 120 Å². The molecule has 0 saturated carbocycles. The highest BCUT2D eigenvalue weighted by Crippen LogP contribution is 2.30. The summed E-state index contributed by atoms with van der Waals surface area (Å²) in [6.07, 6.45) is 6.18. The molecule has 0 spiro atoms. The molecule has 16 amide bonds. The molecule has 42 nitrogen and oxygen atoms in total. The number of hydrogen-bond donors (Lipinski definition) is 18. The smallest absolute Gasteiger partial charge is 0.246 e. The van der Waals surface area contributed by atoms with Crippen LogP contribution < -0.4 is 70.4 Å². The lowest BCUT2D eigenvalue weighted by atomic mass is 9.90. The number of nitrogens with one attached hydrogen (secondary N) is 13. The Hall–Kier alpha value is -13.5. The number of aromatic nitrogens is 4. The maximum atomic E-state index is 15.9. The first kappa shape index (κ1) is 106. The summed E-state index contributed by atoms with van der Waals surface area (Å²) in [5.41, 5.74) is 20.2. The van der Waals surface area contributed by atoms with Crippen LogP contribution in [0.2, 0.25) is 0 Å². The Bertz CT molecular complexity index is 5260. The van der Waals surface area contributed by atoms with E-state index in [-0.39, 0.29) is 108 Å². The van der Waals surface area contributed by atoms with Gasteiger partial charge < -0.3 is 120 Å². The van der Waals surface area contributed by atoms with E-state index < -0.39 is 228 Å². The van der Waals surface area contributed by atoms with E-state index in [1.54, 1.807) is 37.6 Å². The van der Waals surface area contributed by atoms with Crippen molar-refractivity contribution in [2.75, 3.05) is 65.4 Å². The number of phenolic OH excluding ortho intramolecular Hbond substituents is 1. The fourth-order valence-electron chi connectivity index (χ4n) is 17.4. The normalized spacial score (nSPS) is 24.2. The SMILES string of the molecule is CCCC[C@H]1C(=O)N(C)[C@@H](CCCC)C(=O)N[C@@H](CCCNC(=N)N)C(=O)N[C@H](C(=O)NCC(N)=O)CSCC(=O)N[C@@H](Cc2ccc(O)cc2)C(=O)N(C)[C@@H](C)C(=O)N[C@@H](CC(N)=O)C(=O)N2CCC[C@H]2C(=O)N[C@@H](Cc2cnc[nH]2)C(=O)N[C@@H](CC(C)C)C(=O)N2CCC[C@H]2C(=O)C[C@@H](Cc2c[nH]c3ccccc23)C(=O)N[C@@H](CO)C(=O)N[C@@H](Cc2cn(C)c3ccccc23)C(=O)N1C. The first-order valence-electron chi connectivity index (χ1n) is 46.1. The van der Waals surface area contributed by atoms with Gasteiger partial charge in [-0.1, -0.05) is 102 Å². The van der Waals surface area contributed by atoms with E-state index in [0.29, 0.717) is 70.8 Å². The molecular formula is C93H131N23O19S. The van der Waals surface area contributed by atoms with E-state index >= 15 is 38.4 Å². The fraction of sp³-hybridized carbons (Fsp3) is 0.538. The van der Waals surface area contributed by atoms with Crippen LogP contribution in [-0.2, 0) is 114 Å². The molecule has 738 valence electrons. The Morgan fingerprint density at radius 1 is 0.566 bits per heavy atom. The number of aryl methyl sites for hydroxylation is 1. The molecule has 21 N–H and O–H groups in total. The van der Waals surface area contributed by atoms with E-state index in [1.165, 1.54) is 79.6 Å². The highest BCUT2D eigenvalue weighted by molar-refractivity contribution is 8.00. The number of primary amides is 2. The number of aromatic amines is 2. The van der Waals surface area contributed by atoms with Crippen molar-refractivity contribution in [2.45, 2.75) is 235 Å². The number of nitrogens with zero attached hydrogens (tertiary/aromatic N) is 7. The zero-order valence-corrected chi connectivity index (χ0v) is 79.2. The number of ketones is 1. The van der Waals surface area contributed by atoms with Crippen molar-refractivity contribution in [2.24, 2.45) is 36.1 Å². The number of hydrogen-bond acceptors (Lipinski definition) is 22. The van der Waals surface area contributed by atoms with Crippen molar-refractivity contribution >= 4 is 140 Å². The fourth-order valence-corrected chi connectivity index (χ4v) is 18.2. The summed E-state index contributed by atoms with van der Waals surface area (Å²) in [6, 6.07) is 0.696. The minimum Gasteiger partial charge on any atom is -0.508 e. The van der Waals surface area contributed by atoms with Crippen molar-refractivity contribution < 1.29 is 91.7 Å². The number of thioether (sulfide) groups is 1. The molecule has 43 heteroatoms. The lowest BCUT2D eigenvalue weighted by molar-refractivity contribution is -0.149. The largest absolute Gasteiger partial charge is 0.508 e. The molecule has 3 aliphatic heterocycles. The van der Waals surface area contributed by atoms with E-state index in [2.05, 4.69) is 68.1 Å². The Kier molecular flexibility index (Phi) is 39.6. The molecule has 0 bridgehead atoms. The van der Waals surface area contributed by atoms with Gasteiger partial charge in [-0.3, -0.25) is 86.9 Å². The summed E-state index contributed by atoms with van der Waals surface area (Å²) in [5, 5.41) is 57.5. The number of aliphatic hydroxyl groups is 1. The summed E-state index contributed by atoms with van der Waals surface area (Å²) in [6.45, 7) is 6.77. The summed E-state index contributed by atoms with van der Waals surface area (Å²) >= 11 is 0.769.